The normalized spacial score (nSPS) is 13.1. The maximum absolute atomic E-state index is 12.0. The number of ketones is 1. The van der Waals surface area contributed by atoms with Crippen LogP contribution >= 0.6 is 0 Å². The Morgan fingerprint density at radius 1 is 1.00 bits per heavy atom. The number of nitrogens with zero attached hydrogens (tertiary/aromatic N) is 1. The van der Waals surface area contributed by atoms with Gasteiger partial charge in [-0.2, -0.15) is 0 Å². The van der Waals surface area contributed by atoms with Crippen LogP contribution in [0.5, 0.6) is 11.5 Å². The molecule has 255 valence electrons. The molecule has 1 N–H and O–H groups in total. The van der Waals surface area contributed by atoms with Crippen molar-refractivity contribution < 1.29 is 34.7 Å². The van der Waals surface area contributed by atoms with Gasteiger partial charge in [0.25, 0.3) is 0 Å². The van der Waals surface area contributed by atoms with Gasteiger partial charge >= 0.3 is 0 Å². The van der Waals surface area contributed by atoms with Gasteiger partial charge in [0.1, 0.15) is 5.75 Å². The number of benzene rings is 3. The van der Waals surface area contributed by atoms with Crippen molar-refractivity contribution >= 4 is 40.6 Å². The minimum absolute atomic E-state index is 0. The summed E-state index contributed by atoms with van der Waals surface area (Å²) in [6, 6.07) is 18.9. The minimum atomic E-state index is -1.49. The van der Waals surface area contributed by atoms with Gasteiger partial charge in [-0.3, -0.25) is 9.78 Å². The summed E-state index contributed by atoms with van der Waals surface area (Å²) in [4.78, 5) is 16.9. The van der Waals surface area contributed by atoms with E-state index in [4.69, 9.17) is 9.72 Å². The average molecular weight is 829 g/mol. The van der Waals surface area contributed by atoms with Crippen molar-refractivity contribution in [3.8, 4) is 22.8 Å². The van der Waals surface area contributed by atoms with Gasteiger partial charge in [-0.15, -0.1) is 17.5 Å². The van der Waals surface area contributed by atoms with Crippen molar-refractivity contribution in [2.24, 2.45) is 16.7 Å². The third-order valence-electron chi connectivity index (χ3n) is 9.70. The number of hydrogen-bond acceptors (Lipinski definition) is 4. The van der Waals surface area contributed by atoms with E-state index >= 15 is 0 Å². The Morgan fingerprint density at radius 2 is 1.64 bits per heavy atom. The Bertz CT molecular complexity index is 1760. The molecule has 2 heterocycles. The summed E-state index contributed by atoms with van der Waals surface area (Å²) in [5.41, 5.74) is 3.06. The predicted octanol–water partition coefficient (Wildman–Crippen LogP) is 11.4. The number of hydrogen-bond donors (Lipinski definition) is 1. The SMILES string of the molecule is CC(C)(C)Cc1c2c([c-]c3ccccc13)-c1nccc3cc([Si](C)(C)C)cc(c13)O2.CCC(CC)/C(O)=C/C(=O)C(C)(CC)CC.[Ir]. The van der Waals surface area contributed by atoms with Crippen LogP contribution in [0.1, 0.15) is 86.6 Å². The summed E-state index contributed by atoms with van der Waals surface area (Å²) in [6.07, 6.45) is 7.69. The quantitative estimate of drug-likeness (QED) is 0.0696. The summed E-state index contributed by atoms with van der Waals surface area (Å²) in [6.45, 7) is 24.0. The first-order valence-electron chi connectivity index (χ1n) is 17.1. The van der Waals surface area contributed by atoms with Crippen molar-refractivity contribution in [2.45, 2.75) is 107 Å². The zero-order valence-corrected chi connectivity index (χ0v) is 33.7. The number of carbonyl (C=O) groups is 1. The zero-order valence-electron chi connectivity index (χ0n) is 30.4. The number of aliphatic hydroxyl groups excluding tert-OH is 1. The number of pyridine rings is 1. The second-order valence-corrected chi connectivity index (χ2v) is 20.5. The number of aliphatic hydroxyl groups is 1. The van der Waals surface area contributed by atoms with Gasteiger partial charge in [0, 0.05) is 54.8 Å². The van der Waals surface area contributed by atoms with Crippen molar-refractivity contribution in [1.82, 2.24) is 4.98 Å². The zero-order chi connectivity index (χ0) is 34.0. The Hall–Kier alpha value is -2.79. The van der Waals surface area contributed by atoms with Crippen LogP contribution in [-0.4, -0.2) is 23.9 Å². The summed E-state index contributed by atoms with van der Waals surface area (Å²) in [5, 5.41) is 16.0. The van der Waals surface area contributed by atoms with E-state index < -0.39 is 8.07 Å². The molecule has 5 rings (SSSR count). The molecule has 1 radical (unpaired) electrons. The van der Waals surface area contributed by atoms with E-state index in [0.717, 1.165) is 65.6 Å². The molecule has 4 aromatic rings. The molecular formula is C41H54IrNO3Si-. The molecule has 1 aliphatic rings. The molecule has 0 unspecified atom stereocenters. The molecule has 1 aliphatic heterocycles. The number of carbonyl (C=O) groups excluding carboxylic acids is 1. The first kappa shape index (κ1) is 38.7. The fourth-order valence-electron chi connectivity index (χ4n) is 6.13. The van der Waals surface area contributed by atoms with Gasteiger partial charge in [-0.25, -0.2) is 0 Å². The van der Waals surface area contributed by atoms with E-state index in [0.29, 0.717) is 0 Å². The largest absolute Gasteiger partial charge is 0.512 e. The van der Waals surface area contributed by atoms with Crippen molar-refractivity contribution in [3.63, 3.8) is 0 Å². The molecular weight excluding hydrogens is 775 g/mol. The van der Waals surface area contributed by atoms with Crippen molar-refractivity contribution in [1.29, 1.82) is 0 Å². The van der Waals surface area contributed by atoms with Gasteiger partial charge in [0.2, 0.25) is 0 Å². The van der Waals surface area contributed by atoms with Crippen LogP contribution in [0.15, 0.2) is 60.5 Å². The van der Waals surface area contributed by atoms with Gasteiger partial charge in [0.05, 0.1) is 19.6 Å². The van der Waals surface area contributed by atoms with E-state index in [9.17, 15) is 9.90 Å². The number of ether oxygens (including phenoxy) is 1. The molecule has 1 aromatic heterocycles. The number of fused-ring (bicyclic) bond motifs is 3. The predicted molar refractivity (Wildman–Crippen MR) is 198 cm³/mol. The van der Waals surface area contributed by atoms with E-state index in [1.54, 1.807) is 0 Å². The van der Waals surface area contributed by atoms with Crippen molar-refractivity contribution in [2.75, 3.05) is 0 Å². The molecule has 0 saturated heterocycles. The molecule has 4 nitrogen and oxygen atoms in total. The van der Waals surface area contributed by atoms with Crippen LogP contribution in [0.4, 0.5) is 0 Å². The summed E-state index contributed by atoms with van der Waals surface area (Å²) >= 11 is 0. The van der Waals surface area contributed by atoms with Gasteiger partial charge < -0.3 is 9.84 Å². The summed E-state index contributed by atoms with van der Waals surface area (Å²) in [7, 11) is -1.49. The van der Waals surface area contributed by atoms with Crippen LogP contribution in [0, 0.1) is 22.8 Å². The Labute approximate surface area is 297 Å². The smallest absolute Gasteiger partial charge is 0.164 e. The van der Waals surface area contributed by atoms with E-state index in [1.165, 1.54) is 27.6 Å². The molecule has 47 heavy (non-hydrogen) atoms. The summed E-state index contributed by atoms with van der Waals surface area (Å²) in [5.74, 6) is 2.31. The van der Waals surface area contributed by atoms with E-state index in [1.807, 2.05) is 40.8 Å². The van der Waals surface area contributed by atoms with Crippen LogP contribution in [-0.2, 0) is 31.3 Å². The third-order valence-corrected chi connectivity index (χ3v) is 11.7. The van der Waals surface area contributed by atoms with E-state index in [-0.39, 0.29) is 48.4 Å². The molecule has 0 fully saturated rings. The number of allylic oxidation sites excluding steroid dienone is 2. The monoisotopic (exact) mass is 829 g/mol. The van der Waals surface area contributed by atoms with E-state index in [2.05, 4.69) is 88.9 Å². The van der Waals surface area contributed by atoms with Crippen molar-refractivity contribution in [3.05, 3.63) is 72.1 Å². The first-order valence-corrected chi connectivity index (χ1v) is 20.6. The Morgan fingerprint density at radius 3 is 2.21 bits per heavy atom. The topological polar surface area (TPSA) is 59.4 Å². The maximum Gasteiger partial charge on any atom is 0.164 e. The second-order valence-electron chi connectivity index (χ2n) is 15.4. The maximum atomic E-state index is 12.0. The molecule has 6 heteroatoms. The first-order chi connectivity index (χ1) is 21.6. The molecule has 0 bridgehead atoms. The molecule has 3 aromatic carbocycles. The Kier molecular flexibility index (Phi) is 12.5. The molecule has 0 aliphatic carbocycles. The molecule has 0 saturated carbocycles. The molecule has 0 atom stereocenters. The Balaban J connectivity index is 0.000000304. The second kappa shape index (κ2) is 15.2. The fourth-order valence-corrected chi connectivity index (χ4v) is 7.28. The number of rotatable bonds is 9. The third kappa shape index (κ3) is 8.44. The molecule has 0 amide bonds. The fraction of sp³-hybridized carbons (Fsp3) is 0.463. The van der Waals surface area contributed by atoms with Gasteiger partial charge in [-0.05, 0) is 55.0 Å². The van der Waals surface area contributed by atoms with Gasteiger partial charge in [-0.1, -0.05) is 121 Å². The van der Waals surface area contributed by atoms with Gasteiger partial charge in [0.15, 0.2) is 5.78 Å². The average Bonchev–Trinajstić information content (AvgIpc) is 3.01. The summed E-state index contributed by atoms with van der Waals surface area (Å²) < 4.78 is 6.72. The standard InChI is InChI=1S/C27H28NOSi.C14H26O2.Ir/c1-27(2,3)16-22-20-10-8-7-9-17(20)14-21-25-24-18(11-12-28-25)13-19(30(4,5)6)15-23(24)29-26(21)22;1-6-11(7-2)12(15)10-13(16)14(5,8-3)9-4;/h7-13,15H,16H2,1-6H3;10-11,15H,6-9H2,1-5H3;/q-1;;/b;12-10-;. The number of aromatic nitrogens is 1. The van der Waals surface area contributed by atoms with Crippen LogP contribution in [0.3, 0.4) is 0 Å². The minimum Gasteiger partial charge on any atom is -0.512 e. The van der Waals surface area contributed by atoms with Crippen LogP contribution in [0.2, 0.25) is 19.6 Å². The van der Waals surface area contributed by atoms with Crippen LogP contribution in [0.25, 0.3) is 32.8 Å². The van der Waals surface area contributed by atoms with Crippen LogP contribution < -0.4 is 9.92 Å². The molecule has 0 spiro atoms.